The van der Waals surface area contributed by atoms with Crippen molar-refractivity contribution in [3.63, 3.8) is 0 Å². The Kier molecular flexibility index (Phi) is 5.77. The van der Waals surface area contributed by atoms with E-state index in [1.165, 1.54) is 16.9 Å². The number of fused-ring (bicyclic) bond motifs is 3. The lowest BCUT2D eigenvalue weighted by molar-refractivity contribution is 0.296. The molecule has 0 fully saturated rings. The van der Waals surface area contributed by atoms with Gasteiger partial charge in [-0.05, 0) is 37.7 Å². The lowest BCUT2D eigenvalue weighted by Crippen LogP contribution is -2.23. The van der Waals surface area contributed by atoms with E-state index in [-0.39, 0.29) is 12.2 Å². The number of thioether (sulfide) groups is 1. The summed E-state index contributed by atoms with van der Waals surface area (Å²) in [5, 5.41) is 10.7. The van der Waals surface area contributed by atoms with Gasteiger partial charge in [0.05, 0.1) is 5.39 Å². The second-order valence-electron chi connectivity index (χ2n) is 6.02. The van der Waals surface area contributed by atoms with Crippen molar-refractivity contribution in [1.29, 1.82) is 0 Å². The molecule has 0 aliphatic heterocycles. The van der Waals surface area contributed by atoms with Crippen molar-refractivity contribution in [3.05, 3.63) is 20.8 Å². The van der Waals surface area contributed by atoms with Crippen molar-refractivity contribution in [2.75, 3.05) is 12.4 Å². The van der Waals surface area contributed by atoms with Gasteiger partial charge in [-0.15, -0.1) is 11.3 Å². The Hall–Kier alpha value is -0.850. The van der Waals surface area contributed by atoms with Gasteiger partial charge in [-0.3, -0.25) is 9.36 Å². The summed E-state index contributed by atoms with van der Waals surface area (Å²) < 4.78 is 1.88. The molecule has 0 saturated carbocycles. The first kappa shape index (κ1) is 17.0. The third-order valence-corrected chi connectivity index (χ3v) is 6.56. The Labute approximate surface area is 144 Å². The van der Waals surface area contributed by atoms with Gasteiger partial charge in [0.1, 0.15) is 4.83 Å². The first-order valence-corrected chi connectivity index (χ1v) is 10.3. The summed E-state index contributed by atoms with van der Waals surface area (Å²) in [6.07, 6.45) is 7.31. The molecule has 4 nitrogen and oxygen atoms in total. The smallest absolute Gasteiger partial charge is 0.263 e. The fraction of sp³-hybridized carbons (Fsp3) is 0.647. The van der Waals surface area contributed by atoms with Crippen LogP contribution >= 0.6 is 23.1 Å². The highest BCUT2D eigenvalue weighted by Gasteiger charge is 2.23. The number of aromatic nitrogens is 2. The molecule has 0 atom stereocenters. The van der Waals surface area contributed by atoms with E-state index in [1.54, 1.807) is 23.1 Å². The van der Waals surface area contributed by atoms with Crippen LogP contribution in [0.2, 0.25) is 0 Å². The Bertz CT molecular complexity index is 736. The summed E-state index contributed by atoms with van der Waals surface area (Å²) in [7, 11) is 0. The van der Waals surface area contributed by atoms with E-state index in [0.29, 0.717) is 0 Å². The molecule has 1 aliphatic carbocycles. The van der Waals surface area contributed by atoms with Crippen LogP contribution in [-0.4, -0.2) is 27.0 Å². The van der Waals surface area contributed by atoms with Crippen LogP contribution < -0.4 is 5.56 Å². The van der Waals surface area contributed by atoms with Gasteiger partial charge in [0, 0.05) is 23.8 Å². The van der Waals surface area contributed by atoms with Gasteiger partial charge in [-0.1, -0.05) is 31.5 Å². The van der Waals surface area contributed by atoms with Crippen molar-refractivity contribution in [1.82, 2.24) is 9.55 Å². The van der Waals surface area contributed by atoms with Crippen LogP contribution in [0.25, 0.3) is 10.2 Å². The molecule has 0 saturated heterocycles. The molecule has 23 heavy (non-hydrogen) atoms. The number of aliphatic hydroxyl groups is 1. The first-order valence-electron chi connectivity index (χ1n) is 8.55. The van der Waals surface area contributed by atoms with E-state index in [2.05, 4.69) is 6.92 Å². The topological polar surface area (TPSA) is 55.1 Å². The zero-order valence-electron chi connectivity index (χ0n) is 13.6. The van der Waals surface area contributed by atoms with Gasteiger partial charge < -0.3 is 5.11 Å². The van der Waals surface area contributed by atoms with E-state index in [4.69, 9.17) is 10.1 Å². The lowest BCUT2D eigenvalue weighted by Gasteiger charge is -2.12. The molecule has 0 unspecified atom stereocenters. The van der Waals surface area contributed by atoms with Crippen LogP contribution in [0.3, 0.4) is 0 Å². The predicted octanol–water partition coefficient (Wildman–Crippen LogP) is 3.61. The highest BCUT2D eigenvalue weighted by Crippen LogP contribution is 2.35. The van der Waals surface area contributed by atoms with Crippen molar-refractivity contribution in [2.24, 2.45) is 0 Å². The molecular formula is C17H24N2O2S2. The highest BCUT2D eigenvalue weighted by atomic mass is 32.2. The molecule has 2 aromatic rings. The van der Waals surface area contributed by atoms with E-state index < -0.39 is 0 Å². The Balaban J connectivity index is 2.00. The molecule has 126 valence electrons. The van der Waals surface area contributed by atoms with Crippen molar-refractivity contribution in [3.8, 4) is 0 Å². The molecule has 0 spiro atoms. The molecule has 1 N–H and O–H groups in total. The number of thiophene rings is 1. The second-order valence-corrected chi connectivity index (χ2v) is 8.17. The van der Waals surface area contributed by atoms with Crippen LogP contribution in [-0.2, 0) is 19.4 Å². The molecule has 2 heterocycles. The Morgan fingerprint density at radius 1 is 1.30 bits per heavy atom. The quantitative estimate of drug-likeness (QED) is 0.448. The first-order chi connectivity index (χ1) is 11.3. The Morgan fingerprint density at radius 3 is 2.96 bits per heavy atom. The van der Waals surface area contributed by atoms with E-state index in [0.717, 1.165) is 66.2 Å². The third-order valence-electron chi connectivity index (χ3n) is 4.31. The number of aliphatic hydroxyl groups excluding tert-OH is 1. The number of nitrogens with zero attached hydrogens (tertiary/aromatic N) is 2. The Morgan fingerprint density at radius 2 is 2.17 bits per heavy atom. The maximum Gasteiger partial charge on any atom is 0.263 e. The zero-order valence-corrected chi connectivity index (χ0v) is 15.3. The average molecular weight is 353 g/mol. The van der Waals surface area contributed by atoms with Gasteiger partial charge in [0.2, 0.25) is 0 Å². The zero-order chi connectivity index (χ0) is 16.2. The van der Waals surface area contributed by atoms with Gasteiger partial charge in [-0.2, -0.15) is 0 Å². The number of rotatable bonds is 8. The summed E-state index contributed by atoms with van der Waals surface area (Å²) in [4.78, 5) is 20.2. The summed E-state index contributed by atoms with van der Waals surface area (Å²) >= 11 is 3.30. The number of unbranched alkanes of at least 4 members (excludes halogenated alkanes) is 2. The summed E-state index contributed by atoms with van der Waals surface area (Å²) in [6, 6.07) is 0. The van der Waals surface area contributed by atoms with Crippen LogP contribution in [0.4, 0.5) is 0 Å². The highest BCUT2D eigenvalue weighted by molar-refractivity contribution is 7.99. The fourth-order valence-electron chi connectivity index (χ4n) is 3.11. The molecule has 0 bridgehead atoms. The molecule has 0 aromatic carbocycles. The van der Waals surface area contributed by atoms with Crippen molar-refractivity contribution >= 4 is 33.3 Å². The minimum absolute atomic E-state index is 0.150. The van der Waals surface area contributed by atoms with Crippen molar-refractivity contribution in [2.45, 2.75) is 63.6 Å². The van der Waals surface area contributed by atoms with Gasteiger partial charge in [0.15, 0.2) is 5.16 Å². The van der Waals surface area contributed by atoms with Gasteiger partial charge in [0.25, 0.3) is 5.56 Å². The maximum absolute atomic E-state index is 13.1. The summed E-state index contributed by atoms with van der Waals surface area (Å²) in [6.45, 7) is 3.11. The summed E-state index contributed by atoms with van der Waals surface area (Å²) in [5.41, 5.74) is 1.41. The average Bonchev–Trinajstić information content (AvgIpc) is 3.10. The van der Waals surface area contributed by atoms with E-state index in [9.17, 15) is 4.79 Å². The standard InChI is InChI=1S/C17H24N2O2S2/c1-2-3-4-9-19-16(21)14-12-7-5-8-13(12)23-15(14)18-17(19)22-11-6-10-20/h20H,2-11H2,1H3. The molecular weight excluding hydrogens is 328 g/mol. The van der Waals surface area contributed by atoms with Crippen LogP contribution in [0, 0.1) is 0 Å². The molecule has 2 aromatic heterocycles. The monoisotopic (exact) mass is 352 g/mol. The minimum atomic E-state index is 0.150. The maximum atomic E-state index is 13.1. The molecule has 3 rings (SSSR count). The number of hydrogen-bond acceptors (Lipinski definition) is 5. The molecule has 6 heteroatoms. The lowest BCUT2D eigenvalue weighted by atomic mass is 10.2. The molecule has 0 amide bonds. The van der Waals surface area contributed by atoms with E-state index in [1.807, 2.05) is 4.57 Å². The third kappa shape index (κ3) is 3.49. The normalized spacial score (nSPS) is 13.8. The largest absolute Gasteiger partial charge is 0.396 e. The van der Waals surface area contributed by atoms with Crippen LogP contribution in [0.1, 0.15) is 49.5 Å². The SMILES string of the molecule is CCCCCn1c(SCCCO)nc2sc3c(c2c1=O)CCC3. The molecule has 1 aliphatic rings. The van der Waals surface area contributed by atoms with E-state index >= 15 is 0 Å². The number of hydrogen-bond donors (Lipinski definition) is 1. The van der Waals surface area contributed by atoms with Gasteiger partial charge in [-0.25, -0.2) is 4.98 Å². The van der Waals surface area contributed by atoms with Crippen LogP contribution in [0.5, 0.6) is 0 Å². The molecule has 0 radical (unpaired) electrons. The number of aryl methyl sites for hydroxylation is 2. The van der Waals surface area contributed by atoms with Crippen LogP contribution in [0.15, 0.2) is 9.95 Å². The predicted molar refractivity (Wildman–Crippen MR) is 97.9 cm³/mol. The van der Waals surface area contributed by atoms with Crippen molar-refractivity contribution < 1.29 is 5.11 Å². The fourth-order valence-corrected chi connectivity index (χ4v) is 5.36. The summed E-state index contributed by atoms with van der Waals surface area (Å²) in [5.74, 6) is 0.799. The van der Waals surface area contributed by atoms with Gasteiger partial charge >= 0.3 is 0 Å². The second kappa shape index (κ2) is 7.81. The minimum Gasteiger partial charge on any atom is -0.396 e.